The van der Waals surface area contributed by atoms with Crippen LogP contribution in [0.3, 0.4) is 0 Å². The van der Waals surface area contributed by atoms with Crippen molar-refractivity contribution in [2.24, 2.45) is 5.73 Å². The molecule has 2 rings (SSSR count). The third-order valence-electron chi connectivity index (χ3n) is 3.97. The molecule has 2 nitrogen and oxygen atoms in total. The van der Waals surface area contributed by atoms with Gasteiger partial charge in [0.05, 0.1) is 0 Å². The second-order valence-corrected chi connectivity index (χ2v) is 5.16. The van der Waals surface area contributed by atoms with Crippen molar-refractivity contribution in [3.05, 3.63) is 35.4 Å². The lowest BCUT2D eigenvalue weighted by atomic mass is 9.84. The highest BCUT2D eigenvalue weighted by Gasteiger charge is 2.28. The fourth-order valence-electron chi connectivity index (χ4n) is 2.85. The number of likely N-dealkylation sites (N-methyl/N-ethyl adjacent to an activating group) is 1. The van der Waals surface area contributed by atoms with Gasteiger partial charge in [0.1, 0.15) is 0 Å². The van der Waals surface area contributed by atoms with E-state index in [4.69, 9.17) is 5.73 Å². The summed E-state index contributed by atoms with van der Waals surface area (Å²) in [5, 5.41) is 0. The van der Waals surface area contributed by atoms with Crippen LogP contribution in [0.4, 0.5) is 0 Å². The largest absolute Gasteiger partial charge is 0.323 e. The third-order valence-corrected chi connectivity index (χ3v) is 3.97. The topological polar surface area (TPSA) is 29.3 Å². The average molecular weight is 232 g/mol. The first kappa shape index (κ1) is 12.6. The molecule has 2 atom stereocenters. The Morgan fingerprint density at radius 2 is 2.12 bits per heavy atom. The van der Waals surface area contributed by atoms with Crippen LogP contribution in [-0.4, -0.2) is 24.5 Å². The molecule has 0 aromatic heterocycles. The predicted molar refractivity (Wildman–Crippen MR) is 73.0 cm³/mol. The van der Waals surface area contributed by atoms with Gasteiger partial charge < -0.3 is 10.6 Å². The number of unbranched alkanes of at least 4 members (excludes halogenated alkanes) is 1. The number of benzene rings is 1. The number of nitrogens with zero attached hydrogens (tertiary/aromatic N) is 1. The van der Waals surface area contributed by atoms with Gasteiger partial charge in [-0.1, -0.05) is 37.6 Å². The molecule has 1 aromatic rings. The van der Waals surface area contributed by atoms with Gasteiger partial charge in [-0.05, 0) is 44.0 Å². The molecule has 94 valence electrons. The van der Waals surface area contributed by atoms with E-state index < -0.39 is 0 Å². The Labute approximate surface area is 105 Å². The minimum Gasteiger partial charge on any atom is -0.323 e. The summed E-state index contributed by atoms with van der Waals surface area (Å²) in [5.41, 5.74) is 9.22. The Kier molecular flexibility index (Phi) is 4.19. The summed E-state index contributed by atoms with van der Waals surface area (Å²) in [6.07, 6.45) is 4.88. The molecule has 0 aliphatic heterocycles. The van der Waals surface area contributed by atoms with Gasteiger partial charge in [0.15, 0.2) is 0 Å². The number of nitrogens with two attached hydrogens (primary N) is 1. The fraction of sp³-hybridized carbons (Fsp3) is 0.600. The lowest BCUT2D eigenvalue weighted by Gasteiger charge is -2.37. The second-order valence-electron chi connectivity index (χ2n) is 5.16. The maximum atomic E-state index is 6.42. The molecule has 2 N–H and O–H groups in total. The molecule has 0 radical (unpaired) electrons. The Morgan fingerprint density at radius 1 is 1.35 bits per heavy atom. The minimum atomic E-state index is 0.182. The molecule has 0 amide bonds. The lowest BCUT2D eigenvalue weighted by molar-refractivity contribution is 0.189. The minimum absolute atomic E-state index is 0.182. The smallest absolute Gasteiger partial charge is 0.0455 e. The van der Waals surface area contributed by atoms with Crippen molar-refractivity contribution < 1.29 is 0 Å². The normalized spacial score (nSPS) is 23.8. The molecule has 0 fully saturated rings. The summed E-state index contributed by atoms with van der Waals surface area (Å²) in [6.45, 7) is 3.40. The summed E-state index contributed by atoms with van der Waals surface area (Å²) in [7, 11) is 2.22. The number of fused-ring (bicyclic) bond motifs is 1. The Hall–Kier alpha value is -0.860. The molecular weight excluding hydrogens is 208 g/mol. The summed E-state index contributed by atoms with van der Waals surface area (Å²) in [4.78, 5) is 2.45. The molecule has 0 heterocycles. The van der Waals surface area contributed by atoms with Crippen molar-refractivity contribution in [1.29, 1.82) is 0 Å². The van der Waals surface area contributed by atoms with Gasteiger partial charge in [-0.25, -0.2) is 0 Å². The van der Waals surface area contributed by atoms with E-state index in [1.165, 1.54) is 36.8 Å². The van der Waals surface area contributed by atoms with Gasteiger partial charge in [-0.15, -0.1) is 0 Å². The van der Waals surface area contributed by atoms with Crippen LogP contribution in [-0.2, 0) is 6.42 Å². The zero-order valence-corrected chi connectivity index (χ0v) is 11.0. The first-order valence-corrected chi connectivity index (χ1v) is 6.77. The Balaban J connectivity index is 2.08. The predicted octanol–water partition coefficient (Wildman–Crippen LogP) is 2.73. The van der Waals surface area contributed by atoms with Crippen LogP contribution >= 0.6 is 0 Å². The van der Waals surface area contributed by atoms with Crippen molar-refractivity contribution in [3.8, 4) is 0 Å². The quantitative estimate of drug-likeness (QED) is 0.865. The second kappa shape index (κ2) is 5.65. The molecule has 0 bridgehead atoms. The van der Waals surface area contributed by atoms with Gasteiger partial charge in [0.25, 0.3) is 0 Å². The third kappa shape index (κ3) is 2.70. The van der Waals surface area contributed by atoms with Crippen LogP contribution in [0.25, 0.3) is 0 Å². The Bertz CT molecular complexity index is 362. The van der Waals surface area contributed by atoms with Crippen LogP contribution in [0.2, 0.25) is 0 Å². The van der Waals surface area contributed by atoms with E-state index in [1.54, 1.807) is 0 Å². The van der Waals surface area contributed by atoms with E-state index in [-0.39, 0.29) is 6.04 Å². The lowest BCUT2D eigenvalue weighted by Crippen LogP contribution is -2.43. The van der Waals surface area contributed by atoms with Crippen LogP contribution in [0.1, 0.15) is 43.4 Å². The van der Waals surface area contributed by atoms with E-state index in [0.717, 1.165) is 6.54 Å². The van der Waals surface area contributed by atoms with Crippen LogP contribution < -0.4 is 5.73 Å². The van der Waals surface area contributed by atoms with Gasteiger partial charge >= 0.3 is 0 Å². The molecule has 0 saturated heterocycles. The zero-order valence-electron chi connectivity index (χ0n) is 11.0. The number of aryl methyl sites for hydroxylation is 1. The maximum absolute atomic E-state index is 6.42. The number of hydrogen-bond acceptors (Lipinski definition) is 2. The maximum Gasteiger partial charge on any atom is 0.0455 e. The molecule has 2 heteroatoms. The van der Waals surface area contributed by atoms with Gasteiger partial charge in [0.2, 0.25) is 0 Å². The van der Waals surface area contributed by atoms with Crippen LogP contribution in [0.5, 0.6) is 0 Å². The SMILES string of the molecule is CCCCN(C)C1CCc2ccccc2C1N. The van der Waals surface area contributed by atoms with E-state index in [1.807, 2.05) is 0 Å². The van der Waals surface area contributed by atoms with Gasteiger partial charge in [0, 0.05) is 12.1 Å². The van der Waals surface area contributed by atoms with Crippen LogP contribution in [0.15, 0.2) is 24.3 Å². The molecule has 0 spiro atoms. The van der Waals surface area contributed by atoms with E-state index in [0.29, 0.717) is 6.04 Å². The van der Waals surface area contributed by atoms with Crippen molar-refractivity contribution in [2.75, 3.05) is 13.6 Å². The highest BCUT2D eigenvalue weighted by Crippen LogP contribution is 2.30. The molecule has 17 heavy (non-hydrogen) atoms. The Morgan fingerprint density at radius 3 is 2.88 bits per heavy atom. The van der Waals surface area contributed by atoms with Gasteiger partial charge in [-0.2, -0.15) is 0 Å². The average Bonchev–Trinajstić information content (AvgIpc) is 2.37. The summed E-state index contributed by atoms with van der Waals surface area (Å²) in [6, 6.07) is 9.33. The molecule has 1 aromatic carbocycles. The summed E-state index contributed by atoms with van der Waals surface area (Å²) in [5.74, 6) is 0. The fourth-order valence-corrected chi connectivity index (χ4v) is 2.85. The number of rotatable bonds is 4. The summed E-state index contributed by atoms with van der Waals surface area (Å²) < 4.78 is 0. The van der Waals surface area contributed by atoms with Gasteiger partial charge in [-0.3, -0.25) is 0 Å². The highest BCUT2D eigenvalue weighted by atomic mass is 15.1. The van der Waals surface area contributed by atoms with Crippen LogP contribution in [0, 0.1) is 0 Å². The zero-order chi connectivity index (χ0) is 12.3. The monoisotopic (exact) mass is 232 g/mol. The molecular formula is C15H24N2. The van der Waals surface area contributed by atoms with Crippen molar-refractivity contribution >= 4 is 0 Å². The standard InChI is InChI=1S/C15H24N2/c1-3-4-11-17(2)14-10-9-12-7-5-6-8-13(12)15(14)16/h5-8,14-15H,3-4,9-11,16H2,1-2H3. The summed E-state index contributed by atoms with van der Waals surface area (Å²) >= 11 is 0. The van der Waals surface area contributed by atoms with E-state index in [2.05, 4.69) is 43.1 Å². The van der Waals surface area contributed by atoms with Crippen molar-refractivity contribution in [3.63, 3.8) is 0 Å². The van der Waals surface area contributed by atoms with E-state index in [9.17, 15) is 0 Å². The first-order valence-electron chi connectivity index (χ1n) is 6.77. The van der Waals surface area contributed by atoms with E-state index >= 15 is 0 Å². The molecule has 2 unspecified atom stereocenters. The molecule has 1 aliphatic rings. The first-order chi connectivity index (χ1) is 8.24. The van der Waals surface area contributed by atoms with Crippen molar-refractivity contribution in [2.45, 2.75) is 44.7 Å². The molecule has 0 saturated carbocycles. The van der Waals surface area contributed by atoms with Crippen molar-refractivity contribution in [1.82, 2.24) is 4.90 Å². The highest BCUT2D eigenvalue weighted by molar-refractivity contribution is 5.33. The number of hydrogen-bond donors (Lipinski definition) is 1. The molecule has 1 aliphatic carbocycles.